The number of nitrogens with one attached hydrogen (secondary N) is 2. The van der Waals surface area contributed by atoms with Crippen LogP contribution in [0.4, 0.5) is 0 Å². The van der Waals surface area contributed by atoms with Gasteiger partial charge in [0.1, 0.15) is 12.4 Å². The summed E-state index contributed by atoms with van der Waals surface area (Å²) >= 11 is 0. The third-order valence-corrected chi connectivity index (χ3v) is 3.98. The fraction of sp³-hybridized carbons (Fsp3) is 0.526. The van der Waals surface area contributed by atoms with Crippen molar-refractivity contribution in [2.24, 2.45) is 4.99 Å². The van der Waals surface area contributed by atoms with Crippen molar-refractivity contribution < 1.29 is 9.84 Å². The predicted molar refractivity (Wildman–Crippen MR) is 100 cm³/mol. The minimum absolute atomic E-state index is 0.471. The van der Waals surface area contributed by atoms with Crippen LogP contribution in [-0.4, -0.2) is 36.4 Å². The van der Waals surface area contributed by atoms with E-state index in [0.717, 1.165) is 17.9 Å². The number of hydrogen-bond acceptors (Lipinski definition) is 3. The molecule has 0 spiro atoms. The molecule has 5 nitrogen and oxygen atoms in total. The Labute approximate surface area is 145 Å². The van der Waals surface area contributed by atoms with Gasteiger partial charge in [0.25, 0.3) is 0 Å². The van der Waals surface area contributed by atoms with Crippen LogP contribution in [0.2, 0.25) is 0 Å². The van der Waals surface area contributed by atoms with Crippen LogP contribution in [0.1, 0.15) is 39.2 Å². The lowest BCUT2D eigenvalue weighted by Gasteiger charge is -2.26. The number of aliphatic hydroxyl groups is 1. The molecule has 0 heterocycles. The van der Waals surface area contributed by atoms with Crippen LogP contribution < -0.4 is 15.4 Å². The normalized spacial score (nSPS) is 11.9. The van der Waals surface area contributed by atoms with Gasteiger partial charge in [0.05, 0.1) is 12.1 Å². The first-order valence-corrected chi connectivity index (χ1v) is 8.64. The number of nitrogens with zero attached hydrogens (tertiary/aromatic N) is 1. The molecule has 0 saturated heterocycles. The highest BCUT2D eigenvalue weighted by Crippen LogP contribution is 2.19. The molecule has 0 bridgehead atoms. The van der Waals surface area contributed by atoms with Gasteiger partial charge in [-0.2, -0.15) is 0 Å². The fourth-order valence-electron chi connectivity index (χ4n) is 2.18. The van der Waals surface area contributed by atoms with Crippen molar-refractivity contribution >= 4 is 5.96 Å². The van der Waals surface area contributed by atoms with Crippen LogP contribution in [0.25, 0.3) is 0 Å². The number of hydrogen-bond donors (Lipinski definition) is 3. The Kier molecular flexibility index (Phi) is 8.94. The molecule has 0 aliphatic carbocycles. The molecule has 0 aromatic heterocycles. The summed E-state index contributed by atoms with van der Waals surface area (Å²) in [7, 11) is 0. The van der Waals surface area contributed by atoms with E-state index in [4.69, 9.17) is 4.74 Å². The number of ether oxygens (including phenoxy) is 1. The van der Waals surface area contributed by atoms with E-state index in [1.165, 1.54) is 0 Å². The Morgan fingerprint density at radius 2 is 1.96 bits per heavy atom. The number of benzene rings is 1. The SMILES string of the molecule is C=CCOc1ccccc1CN=C(NCC)NCC(O)(CC)CC. The van der Waals surface area contributed by atoms with E-state index < -0.39 is 5.60 Å². The highest BCUT2D eigenvalue weighted by molar-refractivity contribution is 5.79. The Morgan fingerprint density at radius 1 is 1.25 bits per heavy atom. The van der Waals surface area contributed by atoms with Crippen molar-refractivity contribution in [2.75, 3.05) is 19.7 Å². The molecule has 0 radical (unpaired) electrons. The predicted octanol–water partition coefficient (Wildman–Crippen LogP) is 2.86. The van der Waals surface area contributed by atoms with Crippen molar-refractivity contribution in [3.63, 3.8) is 0 Å². The van der Waals surface area contributed by atoms with Gasteiger partial charge in [-0.25, -0.2) is 4.99 Å². The number of rotatable bonds is 10. The number of aliphatic imine (C=N–C) groups is 1. The second-order valence-corrected chi connectivity index (χ2v) is 5.69. The number of para-hydroxylation sites is 1. The number of guanidine groups is 1. The van der Waals surface area contributed by atoms with Crippen LogP contribution in [0.5, 0.6) is 5.75 Å². The molecule has 1 aromatic carbocycles. The van der Waals surface area contributed by atoms with Crippen LogP contribution >= 0.6 is 0 Å². The van der Waals surface area contributed by atoms with Gasteiger partial charge in [0, 0.05) is 18.7 Å². The first kappa shape index (κ1) is 20.0. The topological polar surface area (TPSA) is 65.9 Å². The van der Waals surface area contributed by atoms with E-state index >= 15 is 0 Å². The quantitative estimate of drug-likeness (QED) is 0.350. The molecule has 0 saturated carbocycles. The molecule has 1 aromatic rings. The smallest absolute Gasteiger partial charge is 0.191 e. The Bertz CT molecular complexity index is 525. The van der Waals surface area contributed by atoms with Crippen molar-refractivity contribution in [1.29, 1.82) is 0 Å². The van der Waals surface area contributed by atoms with Crippen LogP contribution in [-0.2, 0) is 6.54 Å². The van der Waals surface area contributed by atoms with Crippen LogP contribution in [0.15, 0.2) is 41.9 Å². The zero-order chi connectivity index (χ0) is 17.8. The highest BCUT2D eigenvalue weighted by Gasteiger charge is 2.22. The average Bonchev–Trinajstić information content (AvgIpc) is 2.62. The van der Waals surface area contributed by atoms with Gasteiger partial charge >= 0.3 is 0 Å². The van der Waals surface area contributed by atoms with Crippen molar-refractivity contribution in [1.82, 2.24) is 10.6 Å². The Balaban J connectivity index is 2.77. The molecular weight excluding hydrogens is 302 g/mol. The molecule has 24 heavy (non-hydrogen) atoms. The molecule has 0 aliphatic heterocycles. The molecule has 0 atom stereocenters. The zero-order valence-corrected chi connectivity index (χ0v) is 15.1. The largest absolute Gasteiger partial charge is 0.489 e. The summed E-state index contributed by atoms with van der Waals surface area (Å²) in [5.74, 6) is 1.51. The third-order valence-electron chi connectivity index (χ3n) is 3.98. The highest BCUT2D eigenvalue weighted by atomic mass is 16.5. The van der Waals surface area contributed by atoms with Gasteiger partial charge in [-0.05, 0) is 25.8 Å². The summed E-state index contributed by atoms with van der Waals surface area (Å²) in [6.45, 7) is 11.9. The second kappa shape index (κ2) is 10.7. The lowest BCUT2D eigenvalue weighted by atomic mass is 9.98. The first-order chi connectivity index (χ1) is 11.6. The first-order valence-electron chi connectivity index (χ1n) is 8.64. The zero-order valence-electron chi connectivity index (χ0n) is 15.1. The maximum atomic E-state index is 10.4. The molecule has 0 aliphatic rings. The van der Waals surface area contributed by atoms with Crippen LogP contribution in [0.3, 0.4) is 0 Å². The van der Waals surface area contributed by atoms with Crippen molar-refractivity contribution in [3.8, 4) is 5.75 Å². The minimum atomic E-state index is -0.707. The summed E-state index contributed by atoms with van der Waals surface area (Å²) in [5.41, 5.74) is 0.305. The average molecular weight is 333 g/mol. The van der Waals surface area contributed by atoms with E-state index in [2.05, 4.69) is 22.2 Å². The summed E-state index contributed by atoms with van der Waals surface area (Å²) in [4.78, 5) is 4.60. The third kappa shape index (κ3) is 6.62. The summed E-state index contributed by atoms with van der Waals surface area (Å²) in [6, 6.07) is 7.85. The molecule has 134 valence electrons. The van der Waals surface area contributed by atoms with Gasteiger partial charge < -0.3 is 20.5 Å². The van der Waals surface area contributed by atoms with E-state index in [9.17, 15) is 5.11 Å². The molecule has 5 heteroatoms. The fourth-order valence-corrected chi connectivity index (χ4v) is 2.18. The van der Waals surface area contributed by atoms with E-state index in [1.807, 2.05) is 45.0 Å². The molecule has 0 amide bonds. The molecule has 0 fully saturated rings. The Morgan fingerprint density at radius 3 is 2.58 bits per heavy atom. The molecule has 3 N–H and O–H groups in total. The summed E-state index contributed by atoms with van der Waals surface area (Å²) < 4.78 is 5.66. The molecule has 0 unspecified atom stereocenters. The Hall–Kier alpha value is -2.01. The van der Waals surface area contributed by atoms with Gasteiger partial charge in [0.15, 0.2) is 5.96 Å². The van der Waals surface area contributed by atoms with Crippen molar-refractivity contribution in [3.05, 3.63) is 42.5 Å². The van der Waals surface area contributed by atoms with E-state index in [0.29, 0.717) is 38.5 Å². The van der Waals surface area contributed by atoms with E-state index in [-0.39, 0.29) is 0 Å². The van der Waals surface area contributed by atoms with Crippen molar-refractivity contribution in [2.45, 2.75) is 45.8 Å². The van der Waals surface area contributed by atoms with Gasteiger partial charge in [-0.15, -0.1) is 0 Å². The lowest BCUT2D eigenvalue weighted by molar-refractivity contribution is 0.0367. The van der Waals surface area contributed by atoms with Gasteiger partial charge in [-0.1, -0.05) is 44.7 Å². The molecular formula is C19H31N3O2. The monoisotopic (exact) mass is 333 g/mol. The maximum absolute atomic E-state index is 10.4. The molecule has 1 rings (SSSR count). The summed E-state index contributed by atoms with van der Waals surface area (Å²) in [6.07, 6.45) is 3.13. The summed E-state index contributed by atoms with van der Waals surface area (Å²) in [5, 5.41) is 16.8. The van der Waals surface area contributed by atoms with E-state index in [1.54, 1.807) is 6.08 Å². The van der Waals surface area contributed by atoms with Crippen LogP contribution in [0, 0.1) is 0 Å². The second-order valence-electron chi connectivity index (χ2n) is 5.69. The maximum Gasteiger partial charge on any atom is 0.191 e. The standard InChI is InChI=1S/C19H31N3O2/c1-5-13-24-17-12-10-9-11-16(17)14-21-18(20-8-4)22-15-19(23,6-2)7-3/h5,9-12,23H,1,6-8,13-15H2,2-4H3,(H2,20,21,22). The minimum Gasteiger partial charge on any atom is -0.489 e. The lowest BCUT2D eigenvalue weighted by Crippen LogP contribution is -2.46. The van der Waals surface area contributed by atoms with Gasteiger partial charge in [0.2, 0.25) is 0 Å². The van der Waals surface area contributed by atoms with Gasteiger partial charge in [-0.3, -0.25) is 0 Å².